The van der Waals surface area contributed by atoms with E-state index < -0.39 is 0 Å². The fourth-order valence-corrected chi connectivity index (χ4v) is 4.29. The third-order valence-electron chi connectivity index (χ3n) is 4.99. The summed E-state index contributed by atoms with van der Waals surface area (Å²) in [5.41, 5.74) is 0. The third-order valence-corrected chi connectivity index (χ3v) is 6.09. The minimum Gasteiger partial charge on any atom is -0.368 e. The van der Waals surface area contributed by atoms with Crippen LogP contribution in [-0.2, 0) is 9.53 Å². The number of ether oxygens (including phenoxy) is 1. The minimum atomic E-state index is -0.234. The monoisotopic (exact) mass is 408 g/mol. The van der Waals surface area contributed by atoms with E-state index in [1.807, 2.05) is 17.0 Å². The quantitative estimate of drug-likeness (QED) is 0.339. The van der Waals surface area contributed by atoms with Crippen molar-refractivity contribution in [2.75, 3.05) is 52.1 Å². The van der Waals surface area contributed by atoms with Crippen LogP contribution in [-0.4, -0.2) is 79.9 Å². The number of piperazine rings is 1. The van der Waals surface area contributed by atoms with Crippen LogP contribution in [0, 0.1) is 5.82 Å². The molecule has 6 nitrogen and oxygen atoms in total. The van der Waals surface area contributed by atoms with Crippen LogP contribution in [0.3, 0.4) is 0 Å². The van der Waals surface area contributed by atoms with Crippen LogP contribution in [0.15, 0.2) is 34.2 Å². The molecule has 2 heterocycles. The van der Waals surface area contributed by atoms with Gasteiger partial charge in [-0.05, 0) is 49.3 Å². The number of hydrogen-bond donors (Lipinski definition) is 1. The lowest BCUT2D eigenvalue weighted by Gasteiger charge is -2.37. The SMILES string of the molecule is CN=C(NCCCSc1ccc(F)cc1)N1CCN(C(=O)C2CCCO2)CC1. The summed E-state index contributed by atoms with van der Waals surface area (Å²) in [6, 6.07) is 6.60. The van der Waals surface area contributed by atoms with Crippen LogP contribution in [0.1, 0.15) is 19.3 Å². The van der Waals surface area contributed by atoms with E-state index in [-0.39, 0.29) is 17.8 Å². The van der Waals surface area contributed by atoms with Gasteiger partial charge in [0.05, 0.1) is 0 Å². The molecule has 154 valence electrons. The van der Waals surface area contributed by atoms with Gasteiger partial charge in [0.25, 0.3) is 5.91 Å². The van der Waals surface area contributed by atoms with Crippen molar-refractivity contribution in [1.82, 2.24) is 15.1 Å². The van der Waals surface area contributed by atoms with Gasteiger partial charge >= 0.3 is 0 Å². The van der Waals surface area contributed by atoms with Gasteiger partial charge in [0.1, 0.15) is 11.9 Å². The summed E-state index contributed by atoms with van der Waals surface area (Å²) in [7, 11) is 1.79. The highest BCUT2D eigenvalue weighted by molar-refractivity contribution is 7.99. The van der Waals surface area contributed by atoms with Crippen molar-refractivity contribution in [2.45, 2.75) is 30.3 Å². The van der Waals surface area contributed by atoms with E-state index in [2.05, 4.69) is 15.2 Å². The first-order chi connectivity index (χ1) is 13.7. The number of hydrogen-bond acceptors (Lipinski definition) is 4. The number of benzene rings is 1. The van der Waals surface area contributed by atoms with E-state index in [0.29, 0.717) is 19.7 Å². The summed E-state index contributed by atoms with van der Waals surface area (Å²) < 4.78 is 18.4. The summed E-state index contributed by atoms with van der Waals surface area (Å²) >= 11 is 1.72. The molecular formula is C20H29FN4O2S. The number of amides is 1. The number of rotatable bonds is 6. The first kappa shape index (κ1) is 20.9. The molecule has 1 N–H and O–H groups in total. The number of nitrogens with zero attached hydrogens (tertiary/aromatic N) is 3. The summed E-state index contributed by atoms with van der Waals surface area (Å²) in [5.74, 6) is 1.78. The lowest BCUT2D eigenvalue weighted by Crippen LogP contribution is -2.55. The summed E-state index contributed by atoms with van der Waals surface area (Å²) in [6.07, 6.45) is 2.57. The molecule has 1 unspecified atom stereocenters. The van der Waals surface area contributed by atoms with Crippen molar-refractivity contribution in [3.8, 4) is 0 Å². The number of guanidine groups is 1. The number of nitrogens with one attached hydrogen (secondary N) is 1. The van der Waals surface area contributed by atoms with E-state index >= 15 is 0 Å². The van der Waals surface area contributed by atoms with E-state index in [4.69, 9.17) is 4.74 Å². The first-order valence-electron chi connectivity index (χ1n) is 9.92. The third kappa shape index (κ3) is 5.85. The number of halogens is 1. The fourth-order valence-electron chi connectivity index (χ4n) is 3.44. The zero-order valence-corrected chi connectivity index (χ0v) is 17.2. The van der Waals surface area contributed by atoms with E-state index in [9.17, 15) is 9.18 Å². The molecule has 28 heavy (non-hydrogen) atoms. The highest BCUT2D eigenvalue weighted by atomic mass is 32.2. The van der Waals surface area contributed by atoms with Gasteiger partial charge in [0, 0.05) is 51.3 Å². The maximum absolute atomic E-state index is 12.9. The Morgan fingerprint density at radius 3 is 2.61 bits per heavy atom. The second kappa shape index (κ2) is 10.7. The van der Waals surface area contributed by atoms with Gasteiger partial charge in [0.2, 0.25) is 0 Å². The van der Waals surface area contributed by atoms with Crippen molar-refractivity contribution in [3.05, 3.63) is 30.1 Å². The second-order valence-corrected chi connectivity index (χ2v) is 8.11. The number of thioether (sulfide) groups is 1. The predicted molar refractivity (Wildman–Crippen MR) is 110 cm³/mol. The second-order valence-electron chi connectivity index (χ2n) is 6.94. The van der Waals surface area contributed by atoms with E-state index in [1.54, 1.807) is 18.8 Å². The summed E-state index contributed by atoms with van der Waals surface area (Å²) in [5, 5.41) is 3.41. The fraction of sp³-hybridized carbons (Fsp3) is 0.600. The average molecular weight is 409 g/mol. The molecule has 1 atom stereocenters. The number of aliphatic imine (C=N–C) groups is 1. The molecule has 0 bridgehead atoms. The molecule has 2 aliphatic rings. The lowest BCUT2D eigenvalue weighted by molar-refractivity contribution is -0.142. The molecule has 2 fully saturated rings. The number of carbonyl (C=O) groups excluding carboxylic acids is 1. The number of carbonyl (C=O) groups is 1. The summed E-state index contributed by atoms with van der Waals surface area (Å²) in [4.78, 5) is 22.0. The van der Waals surface area contributed by atoms with Gasteiger partial charge in [-0.25, -0.2) is 4.39 Å². The average Bonchev–Trinajstić information content (AvgIpc) is 3.27. The Kier molecular flexibility index (Phi) is 7.97. The molecule has 0 saturated carbocycles. The molecular weight excluding hydrogens is 379 g/mol. The molecule has 0 aromatic heterocycles. The van der Waals surface area contributed by atoms with Crippen LogP contribution in [0.5, 0.6) is 0 Å². The standard InChI is InChI=1S/C20H29FN4O2S/c1-22-20(23-9-3-15-28-17-7-5-16(21)6-8-17)25-12-10-24(11-13-25)19(26)18-4-2-14-27-18/h5-8,18H,2-4,9-15H2,1H3,(H,22,23). The van der Waals surface area contributed by atoms with Gasteiger partial charge in [-0.2, -0.15) is 0 Å². The van der Waals surface area contributed by atoms with Crippen molar-refractivity contribution in [1.29, 1.82) is 0 Å². The van der Waals surface area contributed by atoms with Crippen LogP contribution >= 0.6 is 11.8 Å². The molecule has 2 saturated heterocycles. The van der Waals surface area contributed by atoms with Crippen molar-refractivity contribution in [3.63, 3.8) is 0 Å². The zero-order chi connectivity index (χ0) is 19.8. The van der Waals surface area contributed by atoms with Gasteiger partial charge in [-0.1, -0.05) is 0 Å². The predicted octanol–water partition coefficient (Wildman–Crippen LogP) is 2.21. The Morgan fingerprint density at radius 1 is 1.25 bits per heavy atom. The summed E-state index contributed by atoms with van der Waals surface area (Å²) in [6.45, 7) is 4.51. The van der Waals surface area contributed by atoms with E-state index in [1.165, 1.54) is 12.1 Å². The van der Waals surface area contributed by atoms with Crippen molar-refractivity contribution < 1.29 is 13.9 Å². The molecule has 1 aromatic rings. The van der Waals surface area contributed by atoms with Gasteiger partial charge < -0.3 is 19.9 Å². The maximum Gasteiger partial charge on any atom is 0.251 e. The normalized spacial score (nSPS) is 20.5. The molecule has 8 heteroatoms. The Labute approximate surface area is 170 Å². The Morgan fingerprint density at radius 2 is 1.96 bits per heavy atom. The topological polar surface area (TPSA) is 57.2 Å². The molecule has 2 aliphatic heterocycles. The Hall–Kier alpha value is -1.80. The molecule has 3 rings (SSSR count). The molecule has 0 spiro atoms. The Balaban J connectivity index is 1.34. The van der Waals surface area contributed by atoms with Crippen molar-refractivity contribution in [2.24, 2.45) is 4.99 Å². The largest absolute Gasteiger partial charge is 0.368 e. The highest BCUT2D eigenvalue weighted by Crippen LogP contribution is 2.19. The molecule has 1 amide bonds. The van der Waals surface area contributed by atoms with E-state index in [0.717, 1.165) is 55.5 Å². The smallest absolute Gasteiger partial charge is 0.251 e. The van der Waals surface area contributed by atoms with Gasteiger partial charge in [0.15, 0.2) is 5.96 Å². The van der Waals surface area contributed by atoms with Crippen LogP contribution in [0.2, 0.25) is 0 Å². The molecule has 0 radical (unpaired) electrons. The van der Waals surface area contributed by atoms with Crippen LogP contribution in [0.25, 0.3) is 0 Å². The van der Waals surface area contributed by atoms with Crippen LogP contribution < -0.4 is 5.32 Å². The zero-order valence-electron chi connectivity index (χ0n) is 16.4. The molecule has 0 aliphatic carbocycles. The minimum absolute atomic E-state index is 0.137. The Bertz CT molecular complexity index is 657. The lowest BCUT2D eigenvalue weighted by atomic mass is 10.2. The van der Waals surface area contributed by atoms with Gasteiger partial charge in [-0.15, -0.1) is 11.8 Å². The van der Waals surface area contributed by atoms with Crippen molar-refractivity contribution >= 4 is 23.6 Å². The highest BCUT2D eigenvalue weighted by Gasteiger charge is 2.30. The van der Waals surface area contributed by atoms with Gasteiger partial charge in [-0.3, -0.25) is 9.79 Å². The van der Waals surface area contributed by atoms with Crippen LogP contribution in [0.4, 0.5) is 4.39 Å². The molecule has 1 aromatic carbocycles. The first-order valence-corrected chi connectivity index (χ1v) is 10.9. The maximum atomic E-state index is 12.9.